The Morgan fingerprint density at radius 1 is 1.17 bits per heavy atom. The predicted molar refractivity (Wildman–Crippen MR) is 55.1 cm³/mol. The average Bonchev–Trinajstić information content (AvgIpc) is 2.03. The highest BCUT2D eigenvalue weighted by molar-refractivity contribution is 5.26. The van der Waals surface area contributed by atoms with Gasteiger partial charge in [0.25, 0.3) is 0 Å². The minimum Gasteiger partial charge on any atom is -0.0702 e. The number of hydrogen-bond acceptors (Lipinski definition) is 0. The zero-order valence-corrected chi connectivity index (χ0v) is 8.78. The quantitative estimate of drug-likeness (QED) is 0.547. The molecule has 1 rings (SSSR count). The van der Waals surface area contributed by atoms with E-state index in [1.165, 1.54) is 19.3 Å². The first kappa shape index (κ1) is 9.57. The van der Waals surface area contributed by atoms with Gasteiger partial charge in [-0.25, -0.2) is 0 Å². The van der Waals surface area contributed by atoms with Crippen LogP contribution in [-0.4, -0.2) is 0 Å². The summed E-state index contributed by atoms with van der Waals surface area (Å²) in [5, 5.41) is 0. The SMILES string of the molecule is CCC1=CC=C(C(C)(C)C)CC1. The molecule has 0 unspecified atom stereocenters. The van der Waals surface area contributed by atoms with E-state index in [1.54, 1.807) is 11.1 Å². The van der Waals surface area contributed by atoms with Crippen LogP contribution in [0.15, 0.2) is 23.3 Å². The smallest absolute Gasteiger partial charge is 0.0170 e. The summed E-state index contributed by atoms with van der Waals surface area (Å²) >= 11 is 0. The van der Waals surface area contributed by atoms with Crippen LogP contribution in [0.1, 0.15) is 47.0 Å². The maximum atomic E-state index is 2.32. The van der Waals surface area contributed by atoms with Crippen molar-refractivity contribution in [1.82, 2.24) is 0 Å². The number of hydrogen-bond donors (Lipinski definition) is 0. The molecule has 0 aromatic rings. The first-order chi connectivity index (χ1) is 5.54. The Balaban J connectivity index is 2.73. The van der Waals surface area contributed by atoms with Gasteiger partial charge in [-0.2, -0.15) is 0 Å². The van der Waals surface area contributed by atoms with Crippen molar-refractivity contribution >= 4 is 0 Å². The van der Waals surface area contributed by atoms with Crippen molar-refractivity contribution in [3.63, 3.8) is 0 Å². The lowest BCUT2D eigenvalue weighted by Gasteiger charge is -2.25. The Labute approximate surface area is 76.4 Å². The summed E-state index contributed by atoms with van der Waals surface area (Å²) in [6, 6.07) is 0. The maximum absolute atomic E-state index is 2.32. The summed E-state index contributed by atoms with van der Waals surface area (Å²) in [6.07, 6.45) is 8.39. The second kappa shape index (κ2) is 3.47. The fourth-order valence-corrected chi connectivity index (χ4v) is 1.60. The molecule has 0 heterocycles. The summed E-state index contributed by atoms with van der Waals surface area (Å²) < 4.78 is 0. The van der Waals surface area contributed by atoms with Gasteiger partial charge in [0.15, 0.2) is 0 Å². The Bertz CT molecular complexity index is 211. The Morgan fingerprint density at radius 2 is 1.83 bits per heavy atom. The molecule has 0 heteroatoms. The van der Waals surface area contributed by atoms with E-state index in [4.69, 9.17) is 0 Å². The van der Waals surface area contributed by atoms with Crippen molar-refractivity contribution in [3.05, 3.63) is 23.3 Å². The van der Waals surface area contributed by atoms with Crippen LogP contribution in [-0.2, 0) is 0 Å². The molecule has 0 radical (unpaired) electrons. The van der Waals surface area contributed by atoms with E-state index < -0.39 is 0 Å². The van der Waals surface area contributed by atoms with Crippen LogP contribution in [0.3, 0.4) is 0 Å². The van der Waals surface area contributed by atoms with Gasteiger partial charge in [-0.1, -0.05) is 51.0 Å². The summed E-state index contributed by atoms with van der Waals surface area (Å²) in [4.78, 5) is 0. The van der Waals surface area contributed by atoms with E-state index in [0.29, 0.717) is 5.41 Å². The highest BCUT2D eigenvalue weighted by atomic mass is 14.2. The van der Waals surface area contributed by atoms with Gasteiger partial charge in [0, 0.05) is 0 Å². The van der Waals surface area contributed by atoms with Crippen LogP contribution in [0, 0.1) is 5.41 Å². The summed E-state index contributed by atoms with van der Waals surface area (Å²) in [6.45, 7) is 9.12. The highest BCUT2D eigenvalue weighted by Gasteiger charge is 2.17. The molecule has 12 heavy (non-hydrogen) atoms. The van der Waals surface area contributed by atoms with Crippen molar-refractivity contribution in [2.75, 3.05) is 0 Å². The van der Waals surface area contributed by atoms with Gasteiger partial charge in [0.1, 0.15) is 0 Å². The largest absolute Gasteiger partial charge is 0.0702 e. The first-order valence-corrected chi connectivity index (χ1v) is 4.93. The van der Waals surface area contributed by atoms with Crippen LogP contribution in [0.2, 0.25) is 0 Å². The van der Waals surface area contributed by atoms with Crippen molar-refractivity contribution in [2.24, 2.45) is 5.41 Å². The molecular weight excluding hydrogens is 144 g/mol. The van der Waals surface area contributed by atoms with E-state index in [9.17, 15) is 0 Å². The first-order valence-electron chi connectivity index (χ1n) is 4.93. The molecule has 0 fully saturated rings. The van der Waals surface area contributed by atoms with Crippen LogP contribution < -0.4 is 0 Å². The van der Waals surface area contributed by atoms with Gasteiger partial charge in [-0.15, -0.1) is 0 Å². The monoisotopic (exact) mass is 164 g/mol. The fraction of sp³-hybridized carbons (Fsp3) is 0.667. The molecule has 1 aliphatic carbocycles. The standard InChI is InChI=1S/C12H20/c1-5-10-6-8-11(9-7-10)12(2,3)4/h6,8H,5,7,9H2,1-4H3. The topological polar surface area (TPSA) is 0 Å². The van der Waals surface area contributed by atoms with Gasteiger partial charge in [-0.05, 0) is 24.7 Å². The molecule has 0 saturated heterocycles. The van der Waals surface area contributed by atoms with Gasteiger partial charge >= 0.3 is 0 Å². The van der Waals surface area contributed by atoms with Gasteiger partial charge in [0.05, 0.1) is 0 Å². The molecule has 0 nitrogen and oxygen atoms in total. The van der Waals surface area contributed by atoms with E-state index >= 15 is 0 Å². The molecule has 0 amide bonds. The van der Waals surface area contributed by atoms with Gasteiger partial charge in [0.2, 0.25) is 0 Å². The number of allylic oxidation sites excluding steroid dienone is 4. The molecule has 0 aliphatic heterocycles. The van der Waals surface area contributed by atoms with Crippen molar-refractivity contribution < 1.29 is 0 Å². The summed E-state index contributed by atoms with van der Waals surface area (Å²) in [7, 11) is 0. The lowest BCUT2D eigenvalue weighted by Crippen LogP contribution is -2.11. The van der Waals surface area contributed by atoms with Crippen LogP contribution in [0.4, 0.5) is 0 Å². The van der Waals surface area contributed by atoms with E-state index in [2.05, 4.69) is 39.8 Å². The highest BCUT2D eigenvalue weighted by Crippen LogP contribution is 2.33. The summed E-state index contributed by atoms with van der Waals surface area (Å²) in [5.74, 6) is 0. The zero-order valence-electron chi connectivity index (χ0n) is 8.78. The minimum atomic E-state index is 0.371. The maximum Gasteiger partial charge on any atom is -0.0170 e. The predicted octanol–water partition coefficient (Wildman–Crippen LogP) is 4.09. The Hall–Kier alpha value is -0.520. The normalized spacial score (nSPS) is 18.7. The van der Waals surface area contributed by atoms with Crippen molar-refractivity contribution in [2.45, 2.75) is 47.0 Å². The molecule has 0 N–H and O–H groups in total. The van der Waals surface area contributed by atoms with E-state index in [1.807, 2.05) is 0 Å². The van der Waals surface area contributed by atoms with Crippen molar-refractivity contribution in [1.29, 1.82) is 0 Å². The summed E-state index contributed by atoms with van der Waals surface area (Å²) in [5.41, 5.74) is 3.57. The van der Waals surface area contributed by atoms with E-state index in [0.717, 1.165) is 0 Å². The van der Waals surface area contributed by atoms with Crippen molar-refractivity contribution in [3.8, 4) is 0 Å². The third kappa shape index (κ3) is 2.23. The number of rotatable bonds is 1. The van der Waals surface area contributed by atoms with Gasteiger partial charge in [-0.3, -0.25) is 0 Å². The van der Waals surface area contributed by atoms with Gasteiger partial charge < -0.3 is 0 Å². The van der Waals surface area contributed by atoms with Crippen LogP contribution in [0.25, 0.3) is 0 Å². The second-order valence-electron chi connectivity index (χ2n) is 4.62. The second-order valence-corrected chi connectivity index (χ2v) is 4.62. The van der Waals surface area contributed by atoms with Crippen LogP contribution >= 0.6 is 0 Å². The molecule has 0 saturated carbocycles. The lowest BCUT2D eigenvalue weighted by molar-refractivity contribution is 0.478. The molecular formula is C12H20. The third-order valence-electron chi connectivity index (χ3n) is 2.65. The lowest BCUT2D eigenvalue weighted by atomic mass is 9.80. The van der Waals surface area contributed by atoms with E-state index in [-0.39, 0.29) is 0 Å². The Kier molecular flexibility index (Phi) is 2.76. The average molecular weight is 164 g/mol. The molecule has 0 bridgehead atoms. The molecule has 68 valence electrons. The Morgan fingerprint density at radius 3 is 2.17 bits per heavy atom. The third-order valence-corrected chi connectivity index (χ3v) is 2.65. The molecule has 0 aromatic carbocycles. The molecule has 0 aromatic heterocycles. The minimum absolute atomic E-state index is 0.371. The molecule has 0 spiro atoms. The fourth-order valence-electron chi connectivity index (χ4n) is 1.60. The molecule has 1 aliphatic rings. The zero-order chi connectivity index (χ0) is 9.19. The molecule has 0 atom stereocenters. The van der Waals surface area contributed by atoms with Crippen LogP contribution in [0.5, 0.6) is 0 Å².